The number of nitrogen functional groups attached to an aromatic ring is 1. The van der Waals surface area contributed by atoms with E-state index in [0.717, 1.165) is 6.54 Å². The molecule has 0 spiro atoms. The minimum atomic E-state index is -0.295. The molecule has 0 unspecified atom stereocenters. The Bertz CT molecular complexity index is 613. The number of pyridine rings is 1. The van der Waals surface area contributed by atoms with E-state index in [4.69, 9.17) is 17.4 Å². The first kappa shape index (κ1) is 14.2. The Hall–Kier alpha value is -2.19. The van der Waals surface area contributed by atoms with Gasteiger partial charge in [0.1, 0.15) is 17.3 Å². The number of nitrogens with zero attached hydrogens (tertiary/aromatic N) is 4. The van der Waals surface area contributed by atoms with E-state index in [1.165, 1.54) is 12.1 Å². The van der Waals surface area contributed by atoms with Crippen LogP contribution in [-0.4, -0.2) is 25.7 Å². The molecule has 20 heavy (non-hydrogen) atoms. The van der Waals surface area contributed by atoms with Gasteiger partial charge in [0.25, 0.3) is 5.91 Å². The molecule has 1 amide bonds. The van der Waals surface area contributed by atoms with E-state index in [0.29, 0.717) is 17.2 Å². The number of rotatable bonds is 5. The van der Waals surface area contributed by atoms with E-state index >= 15 is 0 Å². The Morgan fingerprint density at radius 2 is 2.30 bits per heavy atom. The number of hydrogen-bond acceptors (Lipinski definition) is 6. The average Bonchev–Trinajstić information content (AvgIpc) is 2.91. The molecule has 0 aliphatic carbocycles. The molecule has 2 rings (SSSR count). The molecule has 0 aliphatic rings. The van der Waals surface area contributed by atoms with Gasteiger partial charge in [0.2, 0.25) is 0 Å². The summed E-state index contributed by atoms with van der Waals surface area (Å²) in [4.78, 5) is 15.9. The summed E-state index contributed by atoms with van der Waals surface area (Å²) in [5.41, 5.74) is 2.71. The van der Waals surface area contributed by atoms with Gasteiger partial charge < -0.3 is 15.3 Å². The van der Waals surface area contributed by atoms with Gasteiger partial charge in [0.15, 0.2) is 5.82 Å². The number of hydrogen-bond donors (Lipinski definition) is 3. The van der Waals surface area contributed by atoms with Gasteiger partial charge in [-0.1, -0.05) is 11.6 Å². The highest BCUT2D eigenvalue weighted by Gasteiger charge is 2.10. The fraction of sp³-hybridized carbons (Fsp3) is 0.273. The lowest BCUT2D eigenvalue weighted by Crippen LogP contribution is -2.25. The van der Waals surface area contributed by atoms with Crippen molar-refractivity contribution in [3.8, 4) is 0 Å². The van der Waals surface area contributed by atoms with E-state index in [2.05, 4.69) is 25.9 Å². The Labute approximate surface area is 120 Å². The van der Waals surface area contributed by atoms with Gasteiger partial charge in [-0.15, -0.1) is 10.2 Å². The Morgan fingerprint density at radius 3 is 3.00 bits per heavy atom. The van der Waals surface area contributed by atoms with Crippen LogP contribution in [0.2, 0.25) is 5.15 Å². The van der Waals surface area contributed by atoms with Crippen molar-refractivity contribution in [3.05, 3.63) is 35.0 Å². The van der Waals surface area contributed by atoms with Crippen LogP contribution in [0.1, 0.15) is 23.1 Å². The maximum Gasteiger partial charge on any atom is 0.251 e. The number of amides is 1. The van der Waals surface area contributed by atoms with E-state index in [-0.39, 0.29) is 17.6 Å². The molecule has 0 atom stereocenters. The zero-order valence-electron chi connectivity index (χ0n) is 10.8. The molecule has 0 radical (unpaired) electrons. The molecule has 4 N–H and O–H groups in total. The molecule has 0 saturated carbocycles. The Kier molecular flexibility index (Phi) is 4.49. The second-order valence-electron chi connectivity index (χ2n) is 3.92. The Balaban J connectivity index is 2.07. The van der Waals surface area contributed by atoms with Crippen molar-refractivity contribution in [2.24, 2.45) is 5.84 Å². The highest BCUT2D eigenvalue weighted by Crippen LogP contribution is 2.13. The van der Waals surface area contributed by atoms with Gasteiger partial charge in [0, 0.05) is 12.1 Å². The fourth-order valence-electron chi connectivity index (χ4n) is 1.64. The van der Waals surface area contributed by atoms with Crippen LogP contribution in [0.3, 0.4) is 0 Å². The van der Waals surface area contributed by atoms with Crippen molar-refractivity contribution in [1.29, 1.82) is 0 Å². The van der Waals surface area contributed by atoms with Gasteiger partial charge in [0.05, 0.1) is 6.54 Å². The van der Waals surface area contributed by atoms with Crippen LogP contribution < -0.4 is 16.6 Å². The van der Waals surface area contributed by atoms with Crippen molar-refractivity contribution < 1.29 is 4.79 Å². The van der Waals surface area contributed by atoms with Crippen LogP contribution in [0.4, 0.5) is 5.82 Å². The summed E-state index contributed by atoms with van der Waals surface area (Å²) in [6.45, 7) is 2.98. The topological polar surface area (TPSA) is 111 Å². The lowest BCUT2D eigenvalue weighted by atomic mass is 10.2. The molecule has 2 aromatic heterocycles. The highest BCUT2D eigenvalue weighted by molar-refractivity contribution is 6.29. The first-order valence-electron chi connectivity index (χ1n) is 5.93. The molecule has 0 bridgehead atoms. The van der Waals surface area contributed by atoms with Crippen molar-refractivity contribution in [2.75, 3.05) is 5.43 Å². The summed E-state index contributed by atoms with van der Waals surface area (Å²) in [6.07, 6.45) is 1.61. The number of hydrazine groups is 1. The third-order valence-corrected chi connectivity index (χ3v) is 2.84. The van der Waals surface area contributed by atoms with E-state index in [9.17, 15) is 4.79 Å². The zero-order chi connectivity index (χ0) is 14.5. The van der Waals surface area contributed by atoms with Gasteiger partial charge in [-0.25, -0.2) is 10.8 Å². The average molecular weight is 296 g/mol. The van der Waals surface area contributed by atoms with Crippen molar-refractivity contribution in [2.45, 2.75) is 20.0 Å². The monoisotopic (exact) mass is 295 g/mol. The maximum atomic E-state index is 12.0. The molecule has 0 saturated heterocycles. The summed E-state index contributed by atoms with van der Waals surface area (Å²) in [5.74, 6) is 5.96. The normalized spacial score (nSPS) is 10.3. The smallest absolute Gasteiger partial charge is 0.251 e. The number of aromatic nitrogens is 4. The number of aryl methyl sites for hydroxylation is 1. The summed E-state index contributed by atoms with van der Waals surface area (Å²) in [7, 11) is 0. The summed E-state index contributed by atoms with van der Waals surface area (Å²) in [6, 6.07) is 2.97. The second-order valence-corrected chi connectivity index (χ2v) is 4.31. The molecule has 0 fully saturated rings. The van der Waals surface area contributed by atoms with Crippen LogP contribution in [0, 0.1) is 0 Å². The molecule has 8 nitrogen and oxygen atoms in total. The fourth-order valence-corrected chi connectivity index (χ4v) is 1.85. The van der Waals surface area contributed by atoms with Crippen LogP contribution >= 0.6 is 11.6 Å². The third kappa shape index (κ3) is 3.22. The minimum absolute atomic E-state index is 0.183. The van der Waals surface area contributed by atoms with Crippen LogP contribution in [-0.2, 0) is 13.1 Å². The largest absolute Gasteiger partial charge is 0.345 e. The van der Waals surface area contributed by atoms with Crippen LogP contribution in [0.5, 0.6) is 0 Å². The third-order valence-electron chi connectivity index (χ3n) is 2.65. The number of carbonyl (C=O) groups excluding carboxylic acids is 1. The molecule has 106 valence electrons. The molecule has 9 heteroatoms. The first-order valence-corrected chi connectivity index (χ1v) is 6.31. The maximum absolute atomic E-state index is 12.0. The lowest BCUT2D eigenvalue weighted by Gasteiger charge is -2.07. The molecule has 2 aromatic rings. The number of carbonyl (C=O) groups is 1. The summed E-state index contributed by atoms with van der Waals surface area (Å²) >= 11 is 5.81. The zero-order valence-corrected chi connectivity index (χ0v) is 11.6. The number of halogens is 1. The van der Waals surface area contributed by atoms with Gasteiger partial charge in [-0.3, -0.25) is 4.79 Å². The molecule has 0 aromatic carbocycles. The van der Waals surface area contributed by atoms with E-state index < -0.39 is 0 Å². The SMILES string of the molecule is CCn1cnnc1CNC(=O)c1cc(Cl)nc(NN)c1. The summed E-state index contributed by atoms with van der Waals surface area (Å²) in [5, 5.41) is 10.6. The van der Waals surface area contributed by atoms with E-state index in [1.54, 1.807) is 6.33 Å². The van der Waals surface area contributed by atoms with Gasteiger partial charge in [-0.05, 0) is 19.1 Å². The number of nitrogens with one attached hydrogen (secondary N) is 2. The summed E-state index contributed by atoms with van der Waals surface area (Å²) < 4.78 is 1.84. The van der Waals surface area contributed by atoms with E-state index in [1.807, 2.05) is 11.5 Å². The number of anilines is 1. The Morgan fingerprint density at radius 1 is 1.50 bits per heavy atom. The standard InChI is InChI=1S/C11H14ClN7O/c1-2-19-6-15-18-10(19)5-14-11(20)7-3-8(12)16-9(4-7)17-13/h3-4,6H,2,5,13H2,1H3,(H,14,20)(H,16,17). The molecule has 0 aliphatic heterocycles. The molecule has 2 heterocycles. The minimum Gasteiger partial charge on any atom is -0.345 e. The predicted octanol–water partition coefficient (Wildman–Crippen LogP) is 0.562. The van der Waals surface area contributed by atoms with Gasteiger partial charge in [-0.2, -0.15) is 0 Å². The van der Waals surface area contributed by atoms with Gasteiger partial charge >= 0.3 is 0 Å². The lowest BCUT2D eigenvalue weighted by molar-refractivity contribution is 0.0949. The predicted molar refractivity (Wildman–Crippen MR) is 73.9 cm³/mol. The van der Waals surface area contributed by atoms with Crippen molar-refractivity contribution >= 4 is 23.3 Å². The van der Waals surface area contributed by atoms with Crippen LogP contribution in [0.15, 0.2) is 18.5 Å². The van der Waals surface area contributed by atoms with Crippen molar-refractivity contribution in [1.82, 2.24) is 25.1 Å². The highest BCUT2D eigenvalue weighted by atomic mass is 35.5. The quantitative estimate of drug-likeness (QED) is 0.422. The first-order chi connectivity index (χ1) is 9.63. The second kappa shape index (κ2) is 6.31. The molecular weight excluding hydrogens is 282 g/mol. The molecular formula is C11H14ClN7O. The van der Waals surface area contributed by atoms with Crippen LogP contribution in [0.25, 0.3) is 0 Å². The number of nitrogens with two attached hydrogens (primary N) is 1. The van der Waals surface area contributed by atoms with Crippen molar-refractivity contribution in [3.63, 3.8) is 0 Å².